The fourth-order valence-electron chi connectivity index (χ4n) is 3.43. The number of aryl methyl sites for hydroxylation is 1. The Morgan fingerprint density at radius 1 is 1.12 bits per heavy atom. The van der Waals surface area contributed by atoms with Crippen LogP contribution in [-0.2, 0) is 6.54 Å². The first-order chi connectivity index (χ1) is 11.7. The van der Waals surface area contributed by atoms with Gasteiger partial charge in [-0.1, -0.05) is 18.2 Å². The molecule has 2 aromatic heterocycles. The lowest BCUT2D eigenvalue weighted by molar-refractivity contribution is 0.151. The number of para-hydroxylation sites is 1. The molecule has 0 bridgehead atoms. The highest BCUT2D eigenvalue weighted by molar-refractivity contribution is 6.04. The molecule has 1 saturated heterocycles. The van der Waals surface area contributed by atoms with Crippen LogP contribution >= 0.6 is 0 Å². The molecular weight excluding hydrogens is 302 g/mol. The molecule has 126 valence electrons. The summed E-state index contributed by atoms with van der Waals surface area (Å²) >= 11 is 0. The van der Waals surface area contributed by atoms with Crippen molar-refractivity contribution in [2.75, 3.05) is 39.8 Å². The fourth-order valence-corrected chi connectivity index (χ4v) is 3.43. The Morgan fingerprint density at radius 3 is 2.75 bits per heavy atom. The molecule has 6 nitrogen and oxygen atoms in total. The molecule has 0 spiro atoms. The second kappa shape index (κ2) is 6.37. The Balaban J connectivity index is 1.49. The average Bonchev–Trinajstić information content (AvgIpc) is 2.98. The van der Waals surface area contributed by atoms with Gasteiger partial charge in [-0.3, -0.25) is 9.36 Å². The zero-order valence-electron chi connectivity index (χ0n) is 14.0. The van der Waals surface area contributed by atoms with Crippen molar-refractivity contribution < 1.29 is 0 Å². The van der Waals surface area contributed by atoms with E-state index in [1.54, 1.807) is 10.9 Å². The number of aromatic amines is 1. The zero-order chi connectivity index (χ0) is 16.5. The second-order valence-electron chi connectivity index (χ2n) is 6.64. The maximum Gasteiger partial charge on any atom is 0.277 e. The van der Waals surface area contributed by atoms with E-state index >= 15 is 0 Å². The van der Waals surface area contributed by atoms with Crippen LogP contribution in [0.5, 0.6) is 0 Å². The highest BCUT2D eigenvalue weighted by Gasteiger charge is 2.14. The minimum absolute atomic E-state index is 0.0228. The molecular formula is C18H23N5O. The lowest BCUT2D eigenvalue weighted by Gasteiger charge is -2.32. The number of nitrogens with zero attached hydrogens (tertiary/aromatic N) is 4. The van der Waals surface area contributed by atoms with Crippen LogP contribution in [0.25, 0.3) is 21.9 Å². The summed E-state index contributed by atoms with van der Waals surface area (Å²) in [5.74, 6) is 0. The Kier molecular flexibility index (Phi) is 4.08. The predicted octanol–water partition coefficient (Wildman–Crippen LogP) is 1.52. The summed E-state index contributed by atoms with van der Waals surface area (Å²) in [4.78, 5) is 25.3. The van der Waals surface area contributed by atoms with Crippen molar-refractivity contribution in [2.24, 2.45) is 0 Å². The number of rotatable bonds is 4. The summed E-state index contributed by atoms with van der Waals surface area (Å²) in [6.07, 6.45) is 2.66. The van der Waals surface area contributed by atoms with Crippen molar-refractivity contribution >= 4 is 21.9 Å². The summed E-state index contributed by atoms with van der Waals surface area (Å²) in [6, 6.07) is 7.91. The van der Waals surface area contributed by atoms with Crippen LogP contribution < -0.4 is 5.56 Å². The van der Waals surface area contributed by atoms with E-state index in [1.165, 1.54) is 0 Å². The number of piperazine rings is 1. The topological polar surface area (TPSA) is 57.2 Å². The fraction of sp³-hybridized carbons (Fsp3) is 0.444. The first kappa shape index (κ1) is 15.4. The van der Waals surface area contributed by atoms with Gasteiger partial charge < -0.3 is 14.8 Å². The number of nitrogens with one attached hydrogen (secondary N) is 1. The number of H-pyrrole nitrogens is 1. The zero-order valence-corrected chi connectivity index (χ0v) is 14.0. The van der Waals surface area contributed by atoms with E-state index < -0.39 is 0 Å². The minimum Gasteiger partial charge on any atom is -0.349 e. The van der Waals surface area contributed by atoms with Crippen LogP contribution in [0.2, 0.25) is 0 Å². The quantitative estimate of drug-likeness (QED) is 0.790. The molecule has 1 aliphatic heterocycles. The molecule has 0 atom stereocenters. The molecule has 0 unspecified atom stereocenters. The summed E-state index contributed by atoms with van der Waals surface area (Å²) in [6.45, 7) is 6.23. The smallest absolute Gasteiger partial charge is 0.277 e. The van der Waals surface area contributed by atoms with Gasteiger partial charge in [-0.05, 0) is 26.1 Å². The third-order valence-electron chi connectivity index (χ3n) is 4.95. The molecule has 0 amide bonds. The molecule has 1 aliphatic rings. The van der Waals surface area contributed by atoms with E-state index in [4.69, 9.17) is 0 Å². The van der Waals surface area contributed by atoms with Crippen LogP contribution in [0.3, 0.4) is 0 Å². The SMILES string of the molecule is CN1CCN(CCCn2cnc3c([nH]c4ccccc43)c2=O)CC1. The maximum absolute atomic E-state index is 12.7. The highest BCUT2D eigenvalue weighted by atomic mass is 16.1. The third-order valence-corrected chi connectivity index (χ3v) is 4.95. The Bertz CT molecular complexity index is 905. The minimum atomic E-state index is 0.0228. The first-order valence-electron chi connectivity index (χ1n) is 8.59. The van der Waals surface area contributed by atoms with Crippen LogP contribution in [0, 0.1) is 0 Å². The molecule has 0 radical (unpaired) electrons. The van der Waals surface area contributed by atoms with Gasteiger partial charge in [-0.2, -0.15) is 0 Å². The summed E-state index contributed by atoms with van der Waals surface area (Å²) in [7, 11) is 2.16. The first-order valence-corrected chi connectivity index (χ1v) is 8.59. The van der Waals surface area contributed by atoms with Gasteiger partial charge in [-0.25, -0.2) is 4.98 Å². The number of likely N-dealkylation sites (N-methyl/N-ethyl adjacent to an activating group) is 1. The summed E-state index contributed by atoms with van der Waals surface area (Å²) in [5, 5.41) is 1.01. The van der Waals surface area contributed by atoms with Gasteiger partial charge in [0, 0.05) is 43.6 Å². The molecule has 0 aliphatic carbocycles. The molecule has 1 aromatic carbocycles. The van der Waals surface area contributed by atoms with Crippen LogP contribution in [0.1, 0.15) is 6.42 Å². The number of benzene rings is 1. The summed E-state index contributed by atoms with van der Waals surface area (Å²) in [5.41, 5.74) is 2.37. The van der Waals surface area contributed by atoms with Crippen molar-refractivity contribution in [1.82, 2.24) is 24.3 Å². The van der Waals surface area contributed by atoms with Gasteiger partial charge >= 0.3 is 0 Å². The molecule has 1 N–H and O–H groups in total. The number of fused-ring (bicyclic) bond motifs is 3. The van der Waals surface area contributed by atoms with E-state index in [-0.39, 0.29) is 5.56 Å². The van der Waals surface area contributed by atoms with Gasteiger partial charge in [0.25, 0.3) is 5.56 Å². The normalized spacial score (nSPS) is 17.0. The van der Waals surface area contributed by atoms with Crippen molar-refractivity contribution in [1.29, 1.82) is 0 Å². The second-order valence-corrected chi connectivity index (χ2v) is 6.64. The molecule has 6 heteroatoms. The summed E-state index contributed by atoms with van der Waals surface area (Å²) < 4.78 is 1.73. The van der Waals surface area contributed by atoms with Crippen molar-refractivity contribution in [3.05, 3.63) is 40.9 Å². The van der Waals surface area contributed by atoms with Gasteiger partial charge in [0.05, 0.1) is 6.33 Å². The standard InChI is InChI=1S/C18H23N5O/c1-21-9-11-22(12-10-21)7-4-8-23-13-19-16-14-5-2-3-6-15(14)20-17(16)18(23)24/h2-3,5-6,13,20H,4,7-12H2,1H3. The molecule has 24 heavy (non-hydrogen) atoms. The number of aromatic nitrogens is 3. The largest absolute Gasteiger partial charge is 0.349 e. The Morgan fingerprint density at radius 2 is 1.92 bits per heavy atom. The van der Waals surface area contributed by atoms with E-state index in [2.05, 4.69) is 26.8 Å². The van der Waals surface area contributed by atoms with Crippen molar-refractivity contribution in [2.45, 2.75) is 13.0 Å². The monoisotopic (exact) mass is 325 g/mol. The van der Waals surface area contributed by atoms with E-state index in [0.29, 0.717) is 12.1 Å². The molecule has 3 aromatic rings. The molecule has 4 rings (SSSR count). The molecule has 3 heterocycles. The van der Waals surface area contributed by atoms with Gasteiger partial charge in [0.15, 0.2) is 0 Å². The number of hydrogen-bond acceptors (Lipinski definition) is 4. The van der Waals surface area contributed by atoms with Gasteiger partial charge in [0.2, 0.25) is 0 Å². The molecule has 1 fully saturated rings. The van der Waals surface area contributed by atoms with Crippen LogP contribution in [0.15, 0.2) is 35.4 Å². The average molecular weight is 325 g/mol. The number of hydrogen-bond donors (Lipinski definition) is 1. The maximum atomic E-state index is 12.7. The van der Waals surface area contributed by atoms with Crippen molar-refractivity contribution in [3.8, 4) is 0 Å². The predicted molar refractivity (Wildman–Crippen MR) is 96.4 cm³/mol. The Labute approximate surface area is 140 Å². The van der Waals surface area contributed by atoms with Crippen LogP contribution in [0.4, 0.5) is 0 Å². The highest BCUT2D eigenvalue weighted by Crippen LogP contribution is 2.20. The lowest BCUT2D eigenvalue weighted by atomic mass is 10.2. The third kappa shape index (κ3) is 2.83. The van der Waals surface area contributed by atoms with E-state index in [9.17, 15) is 4.79 Å². The van der Waals surface area contributed by atoms with E-state index in [1.807, 2.05) is 24.3 Å². The van der Waals surface area contributed by atoms with E-state index in [0.717, 1.165) is 55.6 Å². The Hall–Kier alpha value is -2.18. The van der Waals surface area contributed by atoms with Crippen LogP contribution in [-0.4, -0.2) is 64.1 Å². The van der Waals surface area contributed by atoms with Gasteiger partial charge in [0.1, 0.15) is 11.0 Å². The lowest BCUT2D eigenvalue weighted by Crippen LogP contribution is -2.44. The van der Waals surface area contributed by atoms with Crippen molar-refractivity contribution in [3.63, 3.8) is 0 Å². The molecule has 0 saturated carbocycles. The van der Waals surface area contributed by atoms with Gasteiger partial charge in [-0.15, -0.1) is 0 Å².